The number of piperidine rings is 1. The van der Waals surface area contributed by atoms with E-state index in [1.165, 1.54) is 0 Å². The van der Waals surface area contributed by atoms with Crippen molar-refractivity contribution in [2.24, 2.45) is 5.92 Å². The molecule has 2 aromatic heterocycles. The molecule has 0 atom stereocenters. The Balaban J connectivity index is 1.56. The Kier molecular flexibility index (Phi) is 5.23. The highest BCUT2D eigenvalue weighted by molar-refractivity contribution is 7.14. The van der Waals surface area contributed by atoms with Gasteiger partial charge < -0.3 is 9.64 Å². The number of aromatic nitrogens is 2. The molecule has 0 radical (unpaired) electrons. The third kappa shape index (κ3) is 4.07. The Morgan fingerprint density at radius 3 is 2.96 bits per heavy atom. The fourth-order valence-corrected chi connectivity index (χ4v) is 3.73. The standard InChI is InChI=1S/C17H21N3O2S/c1-2-22-16(21)10-13-5-8-20(9-6-13)17-19-15(12-23-17)14-4-3-7-18-11-14/h3-4,7,11-13H,2,5-6,8-10H2,1H3. The molecule has 0 aromatic carbocycles. The number of ether oxygens (including phenoxy) is 1. The van der Waals surface area contributed by atoms with Crippen LogP contribution in [0.15, 0.2) is 29.9 Å². The van der Waals surface area contributed by atoms with Gasteiger partial charge in [0.1, 0.15) is 0 Å². The van der Waals surface area contributed by atoms with Crippen LogP contribution in [0.2, 0.25) is 0 Å². The minimum atomic E-state index is -0.0703. The highest BCUT2D eigenvalue weighted by Gasteiger charge is 2.23. The molecule has 5 nitrogen and oxygen atoms in total. The zero-order valence-electron chi connectivity index (χ0n) is 13.3. The van der Waals surface area contributed by atoms with Crippen molar-refractivity contribution in [2.45, 2.75) is 26.2 Å². The maximum Gasteiger partial charge on any atom is 0.306 e. The first-order valence-electron chi connectivity index (χ1n) is 8.02. The quantitative estimate of drug-likeness (QED) is 0.786. The van der Waals surface area contributed by atoms with Crippen molar-refractivity contribution in [3.63, 3.8) is 0 Å². The molecule has 1 aliphatic rings. The van der Waals surface area contributed by atoms with Crippen LogP contribution in [0.1, 0.15) is 26.2 Å². The molecular formula is C17H21N3O2S. The average molecular weight is 331 g/mol. The van der Waals surface area contributed by atoms with Gasteiger partial charge in [-0.2, -0.15) is 0 Å². The van der Waals surface area contributed by atoms with Gasteiger partial charge in [-0.15, -0.1) is 11.3 Å². The van der Waals surface area contributed by atoms with Crippen LogP contribution in [0.5, 0.6) is 0 Å². The second kappa shape index (κ2) is 7.55. The van der Waals surface area contributed by atoms with Crippen LogP contribution in [-0.2, 0) is 9.53 Å². The second-order valence-electron chi connectivity index (χ2n) is 5.70. The number of anilines is 1. The fraction of sp³-hybridized carbons (Fsp3) is 0.471. The first kappa shape index (κ1) is 15.9. The summed E-state index contributed by atoms with van der Waals surface area (Å²) in [5.74, 6) is 0.363. The minimum absolute atomic E-state index is 0.0703. The van der Waals surface area contributed by atoms with Gasteiger partial charge in [0.25, 0.3) is 0 Å². The summed E-state index contributed by atoms with van der Waals surface area (Å²) in [4.78, 5) is 22.8. The summed E-state index contributed by atoms with van der Waals surface area (Å²) in [7, 11) is 0. The van der Waals surface area contributed by atoms with E-state index in [2.05, 4.69) is 15.3 Å². The summed E-state index contributed by atoms with van der Waals surface area (Å²) in [5.41, 5.74) is 2.03. The number of carbonyl (C=O) groups excluding carboxylic acids is 1. The summed E-state index contributed by atoms with van der Waals surface area (Å²) in [5, 5.41) is 3.13. The summed E-state index contributed by atoms with van der Waals surface area (Å²) in [6.45, 7) is 4.21. The van der Waals surface area contributed by atoms with Gasteiger partial charge in [0.2, 0.25) is 0 Å². The molecule has 122 valence electrons. The molecule has 1 fully saturated rings. The van der Waals surface area contributed by atoms with Crippen molar-refractivity contribution in [3.05, 3.63) is 29.9 Å². The lowest BCUT2D eigenvalue weighted by Crippen LogP contribution is -2.34. The summed E-state index contributed by atoms with van der Waals surface area (Å²) in [6.07, 6.45) is 6.18. The van der Waals surface area contributed by atoms with Crippen LogP contribution in [0.25, 0.3) is 11.3 Å². The molecule has 0 bridgehead atoms. The second-order valence-corrected chi connectivity index (χ2v) is 6.53. The van der Waals surface area contributed by atoms with Gasteiger partial charge in [0.15, 0.2) is 5.13 Å². The van der Waals surface area contributed by atoms with Gasteiger partial charge in [-0.05, 0) is 37.8 Å². The van der Waals surface area contributed by atoms with Crippen molar-refractivity contribution < 1.29 is 9.53 Å². The number of hydrogen-bond donors (Lipinski definition) is 0. The van der Waals surface area contributed by atoms with Crippen molar-refractivity contribution >= 4 is 22.4 Å². The molecular weight excluding hydrogens is 310 g/mol. The van der Waals surface area contributed by atoms with E-state index in [-0.39, 0.29) is 5.97 Å². The molecule has 0 saturated carbocycles. The zero-order valence-corrected chi connectivity index (χ0v) is 14.1. The third-order valence-corrected chi connectivity index (χ3v) is 5.00. The van der Waals surface area contributed by atoms with Gasteiger partial charge in [0, 0.05) is 42.8 Å². The Morgan fingerprint density at radius 1 is 1.43 bits per heavy atom. The van der Waals surface area contributed by atoms with Crippen LogP contribution < -0.4 is 4.90 Å². The van der Waals surface area contributed by atoms with Crippen molar-refractivity contribution in [3.8, 4) is 11.3 Å². The first-order valence-corrected chi connectivity index (χ1v) is 8.90. The topological polar surface area (TPSA) is 55.3 Å². The predicted molar refractivity (Wildman–Crippen MR) is 91.5 cm³/mol. The number of carbonyl (C=O) groups is 1. The van der Waals surface area contributed by atoms with Crippen molar-refractivity contribution in [1.29, 1.82) is 0 Å². The van der Waals surface area contributed by atoms with Gasteiger partial charge >= 0.3 is 5.97 Å². The van der Waals surface area contributed by atoms with Crippen LogP contribution in [0.3, 0.4) is 0 Å². The Labute approximate surface area is 140 Å². The molecule has 2 aromatic rings. The summed E-state index contributed by atoms with van der Waals surface area (Å²) < 4.78 is 5.04. The molecule has 3 heterocycles. The van der Waals surface area contributed by atoms with Crippen LogP contribution in [0, 0.1) is 5.92 Å². The highest BCUT2D eigenvalue weighted by Crippen LogP contribution is 2.30. The SMILES string of the molecule is CCOC(=O)CC1CCN(c2nc(-c3cccnc3)cs2)CC1. The van der Waals surface area contributed by atoms with E-state index >= 15 is 0 Å². The lowest BCUT2D eigenvalue weighted by atomic mass is 9.94. The van der Waals surface area contributed by atoms with Gasteiger partial charge in [-0.1, -0.05) is 0 Å². The van der Waals surface area contributed by atoms with Crippen LogP contribution >= 0.6 is 11.3 Å². The molecule has 0 amide bonds. The van der Waals surface area contributed by atoms with Crippen molar-refractivity contribution in [2.75, 3.05) is 24.6 Å². The monoisotopic (exact) mass is 331 g/mol. The maximum absolute atomic E-state index is 11.6. The Hall–Kier alpha value is -1.95. The molecule has 6 heteroatoms. The highest BCUT2D eigenvalue weighted by atomic mass is 32.1. The van der Waals surface area contributed by atoms with E-state index in [0.29, 0.717) is 18.9 Å². The number of hydrogen-bond acceptors (Lipinski definition) is 6. The molecule has 3 rings (SSSR count). The number of thiazole rings is 1. The number of rotatable bonds is 5. The lowest BCUT2D eigenvalue weighted by molar-refractivity contribution is -0.144. The number of nitrogens with zero attached hydrogens (tertiary/aromatic N) is 3. The van der Waals surface area contributed by atoms with Gasteiger partial charge in [-0.25, -0.2) is 4.98 Å². The van der Waals surface area contributed by atoms with E-state index in [1.807, 2.05) is 25.3 Å². The van der Waals surface area contributed by atoms with Gasteiger partial charge in [-0.3, -0.25) is 9.78 Å². The van der Waals surface area contributed by atoms with E-state index < -0.39 is 0 Å². The van der Waals surface area contributed by atoms with Crippen molar-refractivity contribution in [1.82, 2.24) is 9.97 Å². The molecule has 23 heavy (non-hydrogen) atoms. The molecule has 0 aliphatic carbocycles. The number of pyridine rings is 1. The lowest BCUT2D eigenvalue weighted by Gasteiger charge is -2.31. The minimum Gasteiger partial charge on any atom is -0.466 e. The van der Waals surface area contributed by atoms with Crippen LogP contribution in [0.4, 0.5) is 5.13 Å². The molecule has 0 unspecified atom stereocenters. The predicted octanol–water partition coefficient (Wildman–Crippen LogP) is 3.37. The Morgan fingerprint density at radius 2 is 2.26 bits per heavy atom. The zero-order chi connectivity index (χ0) is 16.1. The Bertz CT molecular complexity index is 636. The fourth-order valence-electron chi connectivity index (χ4n) is 2.84. The summed E-state index contributed by atoms with van der Waals surface area (Å²) >= 11 is 1.67. The van der Waals surface area contributed by atoms with Crippen LogP contribution in [-0.4, -0.2) is 35.6 Å². The first-order chi connectivity index (χ1) is 11.3. The molecule has 0 spiro atoms. The van der Waals surface area contributed by atoms with E-state index in [1.54, 1.807) is 17.5 Å². The van der Waals surface area contributed by atoms with E-state index in [9.17, 15) is 4.79 Å². The molecule has 1 saturated heterocycles. The van der Waals surface area contributed by atoms with Gasteiger partial charge in [0.05, 0.1) is 12.3 Å². The number of esters is 1. The van der Waals surface area contributed by atoms with E-state index in [4.69, 9.17) is 9.72 Å². The summed E-state index contributed by atoms with van der Waals surface area (Å²) in [6, 6.07) is 3.95. The third-order valence-electron chi connectivity index (χ3n) is 4.10. The smallest absolute Gasteiger partial charge is 0.306 e. The average Bonchev–Trinajstić information content (AvgIpc) is 3.07. The largest absolute Gasteiger partial charge is 0.466 e. The molecule has 0 N–H and O–H groups in total. The molecule has 1 aliphatic heterocycles. The maximum atomic E-state index is 11.6. The normalized spacial score (nSPS) is 15.6. The van der Waals surface area contributed by atoms with E-state index in [0.717, 1.165) is 42.3 Å².